The summed E-state index contributed by atoms with van der Waals surface area (Å²) in [5.74, 6) is -1.37. The highest BCUT2D eigenvalue weighted by molar-refractivity contribution is 7.89. The van der Waals surface area contributed by atoms with Gasteiger partial charge in [-0.2, -0.15) is 4.31 Å². The van der Waals surface area contributed by atoms with Crippen molar-refractivity contribution in [2.45, 2.75) is 36.6 Å². The molecule has 2 saturated heterocycles. The molecule has 9 heteroatoms. The number of carboxylic acids is 1. The fourth-order valence-corrected chi connectivity index (χ4v) is 4.79. The first-order valence-corrected chi connectivity index (χ1v) is 9.07. The smallest absolute Gasteiger partial charge is 0.322 e. The number of carbonyl (C=O) groups is 2. The lowest BCUT2D eigenvalue weighted by atomic mass is 10.2. The summed E-state index contributed by atoms with van der Waals surface area (Å²) in [6, 6.07) is 0.264. The quantitative estimate of drug-likeness (QED) is 0.828. The zero-order valence-electron chi connectivity index (χ0n) is 12.6. The second-order valence-electron chi connectivity index (χ2n) is 5.86. The second-order valence-corrected chi connectivity index (χ2v) is 7.75. The highest BCUT2D eigenvalue weighted by Gasteiger charge is 2.40. The van der Waals surface area contributed by atoms with Crippen LogP contribution in [0.4, 0.5) is 0 Å². The Morgan fingerprint density at radius 3 is 2.52 bits per heavy atom. The van der Waals surface area contributed by atoms with E-state index in [4.69, 9.17) is 5.11 Å². The molecule has 0 unspecified atom stereocenters. The van der Waals surface area contributed by atoms with Crippen LogP contribution in [0.3, 0.4) is 0 Å². The predicted molar refractivity (Wildman–Crippen MR) is 80.5 cm³/mol. The Labute approximate surface area is 134 Å². The molecule has 3 rings (SSSR count). The predicted octanol–water partition coefficient (Wildman–Crippen LogP) is 0.488. The maximum Gasteiger partial charge on any atom is 0.322 e. The van der Waals surface area contributed by atoms with Crippen molar-refractivity contribution in [3.05, 3.63) is 18.0 Å². The first-order valence-electron chi connectivity index (χ1n) is 7.63. The van der Waals surface area contributed by atoms with Gasteiger partial charge in [-0.15, -0.1) is 0 Å². The van der Waals surface area contributed by atoms with Crippen LogP contribution >= 0.6 is 0 Å². The molecule has 2 aliphatic heterocycles. The molecule has 2 fully saturated rings. The van der Waals surface area contributed by atoms with Gasteiger partial charge >= 0.3 is 5.97 Å². The van der Waals surface area contributed by atoms with Gasteiger partial charge in [0.25, 0.3) is 5.91 Å². The van der Waals surface area contributed by atoms with Crippen LogP contribution in [0.2, 0.25) is 0 Å². The van der Waals surface area contributed by atoms with Gasteiger partial charge in [-0.25, -0.2) is 8.42 Å². The van der Waals surface area contributed by atoms with Gasteiger partial charge in [-0.3, -0.25) is 9.59 Å². The van der Waals surface area contributed by atoms with Gasteiger partial charge in [0.05, 0.1) is 0 Å². The summed E-state index contributed by atoms with van der Waals surface area (Å²) in [5, 5.41) is 9.16. The first kappa shape index (κ1) is 16.0. The van der Waals surface area contributed by atoms with Crippen molar-refractivity contribution in [1.29, 1.82) is 0 Å². The Morgan fingerprint density at radius 1 is 1.17 bits per heavy atom. The number of rotatable bonds is 4. The van der Waals surface area contributed by atoms with Crippen LogP contribution in [0.5, 0.6) is 0 Å². The normalized spacial score (nSPS) is 22.6. The zero-order valence-corrected chi connectivity index (χ0v) is 13.4. The topological polar surface area (TPSA) is 111 Å². The van der Waals surface area contributed by atoms with Crippen molar-refractivity contribution in [1.82, 2.24) is 14.2 Å². The summed E-state index contributed by atoms with van der Waals surface area (Å²) in [7, 11) is -3.92. The minimum absolute atomic E-state index is 0.0619. The number of H-pyrrole nitrogens is 1. The number of carbonyl (C=O) groups excluding carboxylic acids is 1. The number of sulfonamides is 1. The summed E-state index contributed by atoms with van der Waals surface area (Å²) in [4.78, 5) is 27.8. The van der Waals surface area contributed by atoms with Crippen molar-refractivity contribution in [3.8, 4) is 0 Å². The lowest BCUT2D eigenvalue weighted by Gasteiger charge is -2.20. The van der Waals surface area contributed by atoms with E-state index in [1.54, 1.807) is 4.90 Å². The molecule has 0 spiro atoms. The fraction of sp³-hybridized carbons (Fsp3) is 0.571. The van der Waals surface area contributed by atoms with E-state index in [-0.39, 0.29) is 23.0 Å². The Hall–Kier alpha value is -1.87. The molecule has 126 valence electrons. The van der Waals surface area contributed by atoms with E-state index in [1.165, 1.54) is 12.3 Å². The number of likely N-dealkylation sites (tertiary alicyclic amines) is 1. The lowest BCUT2D eigenvalue weighted by molar-refractivity contribution is -0.140. The molecule has 0 bridgehead atoms. The van der Waals surface area contributed by atoms with Crippen LogP contribution in [-0.4, -0.2) is 65.3 Å². The summed E-state index contributed by atoms with van der Waals surface area (Å²) in [6.07, 6.45) is 3.98. The third-order valence-electron chi connectivity index (χ3n) is 4.38. The largest absolute Gasteiger partial charge is 0.480 e. The molecule has 1 atom stereocenters. The summed E-state index contributed by atoms with van der Waals surface area (Å²) >= 11 is 0. The SMILES string of the molecule is O=C(O)[C@H]1CCCN1S(=O)(=O)c1c[nH]c(C(=O)N2CCCC2)c1. The highest BCUT2D eigenvalue weighted by atomic mass is 32.2. The third kappa shape index (κ3) is 2.86. The number of hydrogen-bond acceptors (Lipinski definition) is 4. The van der Waals surface area contributed by atoms with Gasteiger partial charge in [0, 0.05) is 25.8 Å². The van der Waals surface area contributed by atoms with Gasteiger partial charge in [-0.1, -0.05) is 0 Å². The molecule has 3 heterocycles. The molecular weight excluding hydrogens is 322 g/mol. The van der Waals surface area contributed by atoms with E-state index in [9.17, 15) is 18.0 Å². The molecule has 0 aromatic carbocycles. The summed E-state index contributed by atoms with van der Waals surface area (Å²) in [5.41, 5.74) is 0.219. The molecule has 1 aromatic heterocycles. The minimum Gasteiger partial charge on any atom is -0.480 e. The number of aliphatic carboxylic acids is 1. The van der Waals surface area contributed by atoms with Crippen molar-refractivity contribution in [3.63, 3.8) is 0 Å². The molecule has 0 aliphatic carbocycles. The molecule has 23 heavy (non-hydrogen) atoms. The standard InChI is InChI=1S/C14H19N3O5S/c18-13(16-5-1-2-6-16)11-8-10(9-15-11)23(21,22)17-7-3-4-12(17)14(19)20/h8-9,12,15H,1-7H2,(H,19,20)/t12-/m1/s1. The molecule has 2 N–H and O–H groups in total. The second kappa shape index (κ2) is 5.97. The van der Waals surface area contributed by atoms with Crippen molar-refractivity contribution in [2.24, 2.45) is 0 Å². The molecule has 8 nitrogen and oxygen atoms in total. The van der Waals surface area contributed by atoms with Crippen LogP contribution < -0.4 is 0 Å². The molecule has 0 radical (unpaired) electrons. The maximum absolute atomic E-state index is 12.6. The maximum atomic E-state index is 12.6. The third-order valence-corrected chi connectivity index (χ3v) is 6.26. The first-order chi connectivity index (χ1) is 10.9. The van der Waals surface area contributed by atoms with Crippen LogP contribution in [0, 0.1) is 0 Å². The van der Waals surface area contributed by atoms with E-state index in [1.807, 2.05) is 0 Å². The van der Waals surface area contributed by atoms with Crippen molar-refractivity contribution < 1.29 is 23.1 Å². The van der Waals surface area contributed by atoms with Crippen molar-refractivity contribution >= 4 is 21.9 Å². The van der Waals surface area contributed by atoms with Crippen molar-refractivity contribution in [2.75, 3.05) is 19.6 Å². The molecule has 0 saturated carbocycles. The Morgan fingerprint density at radius 2 is 1.87 bits per heavy atom. The van der Waals surface area contributed by atoms with Gasteiger partial charge in [0.15, 0.2) is 0 Å². The van der Waals surface area contributed by atoms with E-state index in [0.717, 1.165) is 17.1 Å². The van der Waals surface area contributed by atoms with Crippen LogP contribution in [-0.2, 0) is 14.8 Å². The number of aromatic amines is 1. The van der Waals surface area contributed by atoms with E-state index < -0.39 is 22.0 Å². The highest BCUT2D eigenvalue weighted by Crippen LogP contribution is 2.27. The zero-order chi connectivity index (χ0) is 16.6. The van der Waals surface area contributed by atoms with Crippen LogP contribution in [0.25, 0.3) is 0 Å². The fourth-order valence-electron chi connectivity index (χ4n) is 3.15. The van der Waals surface area contributed by atoms with Gasteiger partial charge in [-0.05, 0) is 31.7 Å². The molecular formula is C14H19N3O5S. The molecule has 1 aromatic rings. The van der Waals surface area contributed by atoms with Gasteiger partial charge < -0.3 is 15.0 Å². The molecule has 2 aliphatic rings. The minimum atomic E-state index is -3.92. The van der Waals surface area contributed by atoms with Crippen LogP contribution in [0.15, 0.2) is 17.2 Å². The monoisotopic (exact) mass is 341 g/mol. The summed E-state index contributed by atoms with van der Waals surface area (Å²) < 4.78 is 26.3. The Balaban J connectivity index is 1.84. The van der Waals surface area contributed by atoms with Gasteiger partial charge in [0.1, 0.15) is 16.6 Å². The summed E-state index contributed by atoms with van der Waals surface area (Å²) in [6.45, 7) is 1.53. The number of amides is 1. The lowest BCUT2D eigenvalue weighted by Crippen LogP contribution is -2.40. The number of carboxylic acid groups (broad SMARTS) is 1. The average molecular weight is 341 g/mol. The number of nitrogens with zero attached hydrogens (tertiary/aromatic N) is 2. The van der Waals surface area contributed by atoms with E-state index in [0.29, 0.717) is 25.9 Å². The van der Waals surface area contributed by atoms with Crippen LogP contribution in [0.1, 0.15) is 36.2 Å². The van der Waals surface area contributed by atoms with E-state index >= 15 is 0 Å². The Bertz CT molecular complexity index is 721. The number of aromatic nitrogens is 1. The molecule has 1 amide bonds. The van der Waals surface area contributed by atoms with Gasteiger partial charge in [0.2, 0.25) is 10.0 Å². The number of nitrogens with one attached hydrogen (secondary N) is 1. The Kier molecular flexibility index (Phi) is 4.15. The average Bonchev–Trinajstić information content (AvgIpc) is 3.25. The number of hydrogen-bond donors (Lipinski definition) is 2. The van der Waals surface area contributed by atoms with E-state index in [2.05, 4.69) is 4.98 Å².